The Bertz CT molecular complexity index is 366. The number of benzene rings is 1. The molecule has 0 aromatic heterocycles. The minimum Gasteiger partial charge on any atom is -0.394 e. The zero-order chi connectivity index (χ0) is 12.3. The monoisotopic (exact) mass is 229 g/mol. The molecule has 2 nitrogen and oxygen atoms in total. The molecule has 0 amide bonds. The molecule has 0 aliphatic rings. The molecule has 0 saturated carbocycles. The van der Waals surface area contributed by atoms with Gasteiger partial charge >= 0.3 is 0 Å². The van der Waals surface area contributed by atoms with Gasteiger partial charge in [0.25, 0.3) is 0 Å². The molecule has 0 heterocycles. The van der Waals surface area contributed by atoms with Gasteiger partial charge in [-0.25, -0.2) is 8.78 Å². The highest BCUT2D eigenvalue weighted by molar-refractivity contribution is 5.18. The summed E-state index contributed by atoms with van der Waals surface area (Å²) < 4.78 is 26.3. The van der Waals surface area contributed by atoms with E-state index in [1.54, 1.807) is 11.9 Å². The summed E-state index contributed by atoms with van der Waals surface area (Å²) >= 11 is 0. The van der Waals surface area contributed by atoms with Gasteiger partial charge < -0.3 is 5.11 Å². The quantitative estimate of drug-likeness (QED) is 0.855. The molecule has 1 aromatic rings. The van der Waals surface area contributed by atoms with Gasteiger partial charge in [0.1, 0.15) is 11.6 Å². The predicted octanol–water partition coefficient (Wildman–Crippen LogP) is 2.17. The van der Waals surface area contributed by atoms with E-state index in [4.69, 9.17) is 5.11 Å². The van der Waals surface area contributed by atoms with E-state index in [2.05, 4.69) is 0 Å². The van der Waals surface area contributed by atoms with Gasteiger partial charge in [0.15, 0.2) is 0 Å². The standard InChI is InChI=1S/C12H17F2NO/c1-12(2,8-16)15(3)7-9-6-10(13)4-5-11(9)14/h4-6,16H,7-8H2,1-3H3. The van der Waals surface area contributed by atoms with E-state index in [-0.39, 0.29) is 13.2 Å². The van der Waals surface area contributed by atoms with E-state index in [1.165, 1.54) is 6.07 Å². The maximum atomic E-state index is 13.4. The Hall–Kier alpha value is -1.00. The Labute approximate surface area is 94.5 Å². The summed E-state index contributed by atoms with van der Waals surface area (Å²) in [6.45, 7) is 3.89. The van der Waals surface area contributed by atoms with Crippen molar-refractivity contribution >= 4 is 0 Å². The van der Waals surface area contributed by atoms with Gasteiger partial charge in [0.2, 0.25) is 0 Å². The van der Waals surface area contributed by atoms with Crippen LogP contribution in [0.15, 0.2) is 18.2 Å². The Morgan fingerprint density at radius 3 is 2.50 bits per heavy atom. The number of nitrogens with zero attached hydrogens (tertiary/aromatic N) is 1. The summed E-state index contributed by atoms with van der Waals surface area (Å²) in [4.78, 5) is 1.78. The molecular formula is C12H17F2NO. The van der Waals surface area contributed by atoms with Crippen molar-refractivity contribution in [2.45, 2.75) is 25.9 Å². The highest BCUT2D eigenvalue weighted by Crippen LogP contribution is 2.17. The summed E-state index contributed by atoms with van der Waals surface area (Å²) in [5.41, 5.74) is -0.164. The van der Waals surface area contributed by atoms with Crippen LogP contribution in [0.2, 0.25) is 0 Å². The third-order valence-corrected chi connectivity index (χ3v) is 2.84. The predicted molar refractivity (Wildman–Crippen MR) is 59.0 cm³/mol. The van der Waals surface area contributed by atoms with Crippen LogP contribution in [0.1, 0.15) is 19.4 Å². The highest BCUT2D eigenvalue weighted by Gasteiger charge is 2.23. The summed E-state index contributed by atoms with van der Waals surface area (Å²) in [5.74, 6) is -0.881. The number of aliphatic hydroxyl groups is 1. The lowest BCUT2D eigenvalue weighted by molar-refractivity contribution is 0.0725. The van der Waals surface area contributed by atoms with Gasteiger partial charge in [-0.3, -0.25) is 4.90 Å². The number of hydrogen-bond donors (Lipinski definition) is 1. The van der Waals surface area contributed by atoms with Crippen molar-refractivity contribution in [3.05, 3.63) is 35.4 Å². The first-order valence-electron chi connectivity index (χ1n) is 5.13. The van der Waals surface area contributed by atoms with Gasteiger partial charge in [-0.05, 0) is 39.1 Å². The van der Waals surface area contributed by atoms with E-state index in [9.17, 15) is 8.78 Å². The number of rotatable bonds is 4. The zero-order valence-electron chi connectivity index (χ0n) is 9.80. The van der Waals surface area contributed by atoms with Gasteiger partial charge in [-0.15, -0.1) is 0 Å². The topological polar surface area (TPSA) is 23.5 Å². The molecule has 0 spiro atoms. The third kappa shape index (κ3) is 3.00. The number of aliphatic hydroxyl groups excluding tert-OH is 1. The maximum absolute atomic E-state index is 13.4. The first-order valence-corrected chi connectivity index (χ1v) is 5.13. The fraction of sp³-hybridized carbons (Fsp3) is 0.500. The molecule has 1 rings (SSSR count). The van der Waals surface area contributed by atoms with Crippen molar-refractivity contribution in [1.82, 2.24) is 4.90 Å². The lowest BCUT2D eigenvalue weighted by atomic mass is 10.0. The van der Waals surface area contributed by atoms with Crippen LogP contribution in [0.25, 0.3) is 0 Å². The summed E-state index contributed by atoms with van der Waals surface area (Å²) in [7, 11) is 1.76. The second-order valence-corrected chi connectivity index (χ2v) is 4.56. The van der Waals surface area contributed by atoms with Crippen molar-refractivity contribution in [2.24, 2.45) is 0 Å². The SMILES string of the molecule is CN(Cc1cc(F)ccc1F)C(C)(C)CO. The Balaban J connectivity index is 2.84. The molecule has 16 heavy (non-hydrogen) atoms. The van der Waals surface area contributed by atoms with Crippen molar-refractivity contribution < 1.29 is 13.9 Å². The van der Waals surface area contributed by atoms with Gasteiger partial charge in [-0.1, -0.05) is 0 Å². The highest BCUT2D eigenvalue weighted by atomic mass is 19.1. The first-order chi connectivity index (χ1) is 7.36. The van der Waals surface area contributed by atoms with Crippen LogP contribution in [0.5, 0.6) is 0 Å². The van der Waals surface area contributed by atoms with E-state index < -0.39 is 17.2 Å². The Kier molecular flexibility index (Phi) is 3.99. The van der Waals surface area contributed by atoms with Crippen LogP contribution in [-0.2, 0) is 6.54 Å². The molecule has 0 unspecified atom stereocenters. The van der Waals surface area contributed by atoms with Crippen LogP contribution >= 0.6 is 0 Å². The zero-order valence-corrected chi connectivity index (χ0v) is 9.80. The third-order valence-electron chi connectivity index (χ3n) is 2.84. The van der Waals surface area contributed by atoms with Crippen LogP contribution in [-0.4, -0.2) is 29.2 Å². The Morgan fingerprint density at radius 1 is 1.31 bits per heavy atom. The van der Waals surface area contributed by atoms with Gasteiger partial charge in [0.05, 0.1) is 6.61 Å². The second kappa shape index (κ2) is 4.89. The molecule has 0 aliphatic carbocycles. The fourth-order valence-corrected chi connectivity index (χ4v) is 1.25. The average Bonchev–Trinajstić information content (AvgIpc) is 2.23. The van der Waals surface area contributed by atoms with E-state index in [0.717, 1.165) is 12.1 Å². The summed E-state index contributed by atoms with van der Waals surface area (Å²) in [6, 6.07) is 3.39. The average molecular weight is 229 g/mol. The largest absolute Gasteiger partial charge is 0.394 e. The molecule has 0 aliphatic heterocycles. The van der Waals surface area contributed by atoms with Crippen LogP contribution in [0.4, 0.5) is 8.78 Å². The first kappa shape index (κ1) is 13.1. The summed E-state index contributed by atoms with van der Waals surface area (Å²) in [5, 5.41) is 9.16. The molecule has 1 N–H and O–H groups in total. The van der Waals surface area contributed by atoms with Crippen molar-refractivity contribution in [2.75, 3.05) is 13.7 Å². The molecule has 90 valence electrons. The minimum atomic E-state index is -0.460. The molecular weight excluding hydrogens is 212 g/mol. The van der Waals surface area contributed by atoms with Gasteiger partial charge in [-0.2, -0.15) is 0 Å². The van der Waals surface area contributed by atoms with Crippen LogP contribution in [0.3, 0.4) is 0 Å². The van der Waals surface area contributed by atoms with Crippen LogP contribution < -0.4 is 0 Å². The van der Waals surface area contributed by atoms with Crippen molar-refractivity contribution in [3.8, 4) is 0 Å². The molecule has 0 bridgehead atoms. The fourth-order valence-electron chi connectivity index (χ4n) is 1.25. The van der Waals surface area contributed by atoms with E-state index >= 15 is 0 Å². The molecule has 1 aromatic carbocycles. The molecule has 0 atom stereocenters. The smallest absolute Gasteiger partial charge is 0.127 e. The summed E-state index contributed by atoms with van der Waals surface area (Å²) in [6.07, 6.45) is 0. The molecule has 4 heteroatoms. The van der Waals surface area contributed by atoms with Gasteiger partial charge in [0, 0.05) is 17.6 Å². The van der Waals surface area contributed by atoms with Crippen molar-refractivity contribution in [1.29, 1.82) is 0 Å². The van der Waals surface area contributed by atoms with E-state index in [0.29, 0.717) is 5.56 Å². The molecule has 0 saturated heterocycles. The van der Waals surface area contributed by atoms with E-state index in [1.807, 2.05) is 13.8 Å². The number of hydrogen-bond acceptors (Lipinski definition) is 2. The second-order valence-electron chi connectivity index (χ2n) is 4.56. The Morgan fingerprint density at radius 2 is 1.94 bits per heavy atom. The molecule has 0 fully saturated rings. The number of likely N-dealkylation sites (N-methyl/N-ethyl adjacent to an activating group) is 1. The van der Waals surface area contributed by atoms with Crippen LogP contribution in [0, 0.1) is 11.6 Å². The van der Waals surface area contributed by atoms with Crippen molar-refractivity contribution in [3.63, 3.8) is 0 Å². The molecule has 0 radical (unpaired) electrons. The lowest BCUT2D eigenvalue weighted by Crippen LogP contribution is -2.43. The number of halogens is 2. The minimum absolute atomic E-state index is 0.0412. The normalized spacial score (nSPS) is 12.2. The lowest BCUT2D eigenvalue weighted by Gasteiger charge is -2.33. The maximum Gasteiger partial charge on any atom is 0.127 e.